The third-order valence-corrected chi connectivity index (χ3v) is 6.62. The number of fused-ring (bicyclic) bond motifs is 1. The van der Waals surface area contributed by atoms with E-state index in [0.717, 1.165) is 30.8 Å². The minimum absolute atomic E-state index is 0.216. The van der Waals surface area contributed by atoms with Crippen LogP contribution in [0.2, 0.25) is 4.34 Å². The summed E-state index contributed by atoms with van der Waals surface area (Å²) in [6.07, 6.45) is 0.929. The van der Waals surface area contributed by atoms with Gasteiger partial charge in [0, 0.05) is 30.1 Å². The Bertz CT molecular complexity index is 1010. The summed E-state index contributed by atoms with van der Waals surface area (Å²) in [6, 6.07) is 10.6. The second-order valence-corrected chi connectivity index (χ2v) is 9.01. The average molecular weight is 433 g/mol. The molecule has 2 aromatic heterocycles. The number of halogens is 1. The number of thiophene rings is 1. The maximum absolute atomic E-state index is 12.8. The molecule has 144 valence electrons. The van der Waals surface area contributed by atoms with E-state index in [1.807, 2.05) is 12.1 Å². The van der Waals surface area contributed by atoms with Gasteiger partial charge in [-0.1, -0.05) is 29.8 Å². The summed E-state index contributed by atoms with van der Waals surface area (Å²) in [5.74, 6) is -0.449. The highest BCUT2D eigenvalue weighted by atomic mass is 35.5. The van der Waals surface area contributed by atoms with Gasteiger partial charge in [-0.15, -0.1) is 22.7 Å². The predicted molar refractivity (Wildman–Crippen MR) is 112 cm³/mol. The molecule has 2 amide bonds. The van der Waals surface area contributed by atoms with Crippen LogP contribution in [0.5, 0.6) is 0 Å². The average Bonchev–Trinajstić information content (AvgIpc) is 3.31. The highest BCUT2D eigenvalue weighted by molar-refractivity contribution is 7.18. The van der Waals surface area contributed by atoms with E-state index in [0.29, 0.717) is 19.9 Å². The molecule has 0 saturated carbocycles. The molecule has 3 N–H and O–H groups in total. The molecule has 0 spiro atoms. The third kappa shape index (κ3) is 4.25. The molecule has 3 aromatic rings. The smallest absolute Gasteiger partial charge is 0.261 e. The molecule has 1 aliphatic heterocycles. The zero-order valence-electron chi connectivity index (χ0n) is 14.8. The molecule has 4 rings (SSSR count). The Labute approximate surface area is 175 Å². The fraction of sp³-hybridized carbons (Fsp3) is 0.211. The van der Waals surface area contributed by atoms with Crippen LogP contribution in [0, 0.1) is 0 Å². The first kappa shape index (κ1) is 19.1. The normalized spacial score (nSPS) is 13.0. The first-order valence-electron chi connectivity index (χ1n) is 8.72. The summed E-state index contributed by atoms with van der Waals surface area (Å²) in [5.41, 5.74) is 2.25. The van der Waals surface area contributed by atoms with E-state index in [2.05, 4.69) is 20.9 Å². The van der Waals surface area contributed by atoms with Gasteiger partial charge in [0.25, 0.3) is 11.8 Å². The Hall–Kier alpha value is -2.26. The molecule has 1 aromatic carbocycles. The van der Waals surface area contributed by atoms with Gasteiger partial charge in [0.05, 0.1) is 14.9 Å². The van der Waals surface area contributed by atoms with Crippen LogP contribution in [0.3, 0.4) is 0 Å². The van der Waals surface area contributed by atoms with Crippen LogP contribution in [0.1, 0.15) is 36.2 Å². The van der Waals surface area contributed by atoms with Crippen molar-refractivity contribution >= 4 is 51.2 Å². The van der Waals surface area contributed by atoms with Crippen LogP contribution < -0.4 is 16.0 Å². The zero-order chi connectivity index (χ0) is 19.5. The van der Waals surface area contributed by atoms with Crippen LogP contribution in [0.15, 0.2) is 36.4 Å². The molecule has 0 atom stereocenters. The third-order valence-electron chi connectivity index (χ3n) is 4.32. The van der Waals surface area contributed by atoms with Gasteiger partial charge in [-0.05, 0) is 30.2 Å². The maximum atomic E-state index is 12.8. The quantitative estimate of drug-likeness (QED) is 0.574. The summed E-state index contributed by atoms with van der Waals surface area (Å²) in [4.78, 5) is 31.3. The summed E-state index contributed by atoms with van der Waals surface area (Å²) in [7, 11) is 0. The van der Waals surface area contributed by atoms with Crippen molar-refractivity contribution in [3.63, 3.8) is 0 Å². The number of rotatable bonds is 5. The Morgan fingerprint density at radius 2 is 2.00 bits per heavy atom. The van der Waals surface area contributed by atoms with Crippen molar-refractivity contribution in [3.8, 4) is 0 Å². The molecule has 0 radical (unpaired) electrons. The van der Waals surface area contributed by atoms with Gasteiger partial charge in [0.1, 0.15) is 0 Å². The maximum Gasteiger partial charge on any atom is 0.261 e. The SMILES string of the molecule is O=C(NCc1ccccc1C(=O)Nc1nc2c(s1)CCNC2)c1ccc(Cl)s1. The number of carbonyl (C=O) groups excluding carboxylic acids is 2. The van der Waals surface area contributed by atoms with Gasteiger partial charge < -0.3 is 10.6 Å². The van der Waals surface area contributed by atoms with Gasteiger partial charge >= 0.3 is 0 Å². The zero-order valence-corrected chi connectivity index (χ0v) is 17.1. The number of nitrogens with zero attached hydrogens (tertiary/aromatic N) is 1. The summed E-state index contributed by atoms with van der Waals surface area (Å²) in [5, 5.41) is 9.61. The Morgan fingerprint density at radius 3 is 2.79 bits per heavy atom. The van der Waals surface area contributed by atoms with Gasteiger partial charge in [-0.3, -0.25) is 14.9 Å². The lowest BCUT2D eigenvalue weighted by Gasteiger charge is -2.10. The lowest BCUT2D eigenvalue weighted by atomic mass is 10.1. The van der Waals surface area contributed by atoms with Crippen molar-refractivity contribution in [2.45, 2.75) is 19.5 Å². The van der Waals surface area contributed by atoms with E-state index >= 15 is 0 Å². The van der Waals surface area contributed by atoms with Gasteiger partial charge in [0.15, 0.2) is 5.13 Å². The molecular weight excluding hydrogens is 416 g/mol. The van der Waals surface area contributed by atoms with Crippen molar-refractivity contribution in [2.24, 2.45) is 0 Å². The number of amides is 2. The van der Waals surface area contributed by atoms with Crippen LogP contribution >= 0.6 is 34.3 Å². The largest absolute Gasteiger partial charge is 0.347 e. The Balaban J connectivity index is 1.45. The minimum Gasteiger partial charge on any atom is -0.347 e. The van der Waals surface area contributed by atoms with E-state index in [1.54, 1.807) is 24.3 Å². The molecular formula is C19H17ClN4O2S2. The lowest BCUT2D eigenvalue weighted by molar-refractivity contribution is 0.0951. The highest BCUT2D eigenvalue weighted by Crippen LogP contribution is 2.26. The van der Waals surface area contributed by atoms with Crippen LogP contribution in [-0.2, 0) is 19.5 Å². The monoisotopic (exact) mass is 432 g/mol. The van der Waals surface area contributed by atoms with Crippen molar-refractivity contribution in [2.75, 3.05) is 11.9 Å². The number of hydrogen-bond donors (Lipinski definition) is 3. The van der Waals surface area contributed by atoms with E-state index in [4.69, 9.17) is 11.6 Å². The summed E-state index contributed by atoms with van der Waals surface area (Å²) < 4.78 is 0.561. The number of thiazole rings is 1. The molecule has 9 heteroatoms. The molecule has 3 heterocycles. The second-order valence-electron chi connectivity index (χ2n) is 6.21. The van der Waals surface area contributed by atoms with Gasteiger partial charge in [-0.25, -0.2) is 4.98 Å². The molecule has 0 unspecified atom stereocenters. The van der Waals surface area contributed by atoms with Crippen molar-refractivity contribution < 1.29 is 9.59 Å². The topological polar surface area (TPSA) is 83.1 Å². The fourth-order valence-corrected chi connectivity index (χ4v) is 4.87. The van der Waals surface area contributed by atoms with Crippen molar-refractivity contribution in [3.05, 3.63) is 67.3 Å². The van der Waals surface area contributed by atoms with E-state index in [-0.39, 0.29) is 18.4 Å². The molecule has 0 bridgehead atoms. The second kappa shape index (κ2) is 8.40. The van der Waals surface area contributed by atoms with Gasteiger partial charge in [-0.2, -0.15) is 0 Å². The number of benzene rings is 1. The Kier molecular flexibility index (Phi) is 5.72. The van der Waals surface area contributed by atoms with Crippen LogP contribution in [0.25, 0.3) is 0 Å². The van der Waals surface area contributed by atoms with E-state index in [9.17, 15) is 9.59 Å². The number of anilines is 1. The minimum atomic E-state index is -0.233. The fourth-order valence-electron chi connectivity index (χ4n) is 2.94. The number of aromatic nitrogens is 1. The van der Waals surface area contributed by atoms with Gasteiger partial charge in [0.2, 0.25) is 0 Å². The predicted octanol–water partition coefficient (Wildman–Crippen LogP) is 3.69. The first-order chi connectivity index (χ1) is 13.6. The van der Waals surface area contributed by atoms with Crippen molar-refractivity contribution in [1.82, 2.24) is 15.6 Å². The molecule has 0 saturated heterocycles. The molecule has 0 aliphatic carbocycles. The van der Waals surface area contributed by atoms with E-state index < -0.39 is 0 Å². The summed E-state index contributed by atoms with van der Waals surface area (Å²) in [6.45, 7) is 1.91. The molecule has 1 aliphatic rings. The number of hydrogen-bond acceptors (Lipinski definition) is 6. The van der Waals surface area contributed by atoms with Crippen molar-refractivity contribution in [1.29, 1.82) is 0 Å². The lowest BCUT2D eigenvalue weighted by Crippen LogP contribution is -2.24. The molecule has 28 heavy (non-hydrogen) atoms. The Morgan fingerprint density at radius 1 is 1.14 bits per heavy atom. The van der Waals surface area contributed by atoms with E-state index in [1.165, 1.54) is 27.6 Å². The first-order valence-corrected chi connectivity index (χ1v) is 10.7. The molecule has 6 nitrogen and oxygen atoms in total. The number of carbonyl (C=O) groups is 2. The number of nitrogens with one attached hydrogen (secondary N) is 3. The highest BCUT2D eigenvalue weighted by Gasteiger charge is 2.18. The standard InChI is InChI=1S/C19H17ClN4O2S2/c20-16-6-5-15(27-16)18(26)22-9-11-3-1-2-4-12(11)17(25)24-19-23-13-10-21-8-7-14(13)28-19/h1-6,21H,7-10H2,(H,22,26)(H,23,24,25). The molecule has 0 fully saturated rings. The van der Waals surface area contributed by atoms with Crippen LogP contribution in [0.4, 0.5) is 5.13 Å². The summed E-state index contributed by atoms with van der Waals surface area (Å²) >= 11 is 8.62. The van der Waals surface area contributed by atoms with Crippen LogP contribution in [-0.4, -0.2) is 23.3 Å².